The van der Waals surface area contributed by atoms with Gasteiger partial charge in [-0.15, -0.1) is 0 Å². The molecule has 15 heavy (non-hydrogen) atoms. The van der Waals surface area contributed by atoms with E-state index in [0.717, 1.165) is 17.5 Å². The fourth-order valence-electron chi connectivity index (χ4n) is 1.40. The van der Waals surface area contributed by atoms with Gasteiger partial charge in [-0.3, -0.25) is 14.8 Å². The molecular weight excluding hydrogens is 188 g/mol. The van der Waals surface area contributed by atoms with Crippen LogP contribution in [-0.4, -0.2) is 16.3 Å². The monoisotopic (exact) mass is 198 g/mol. The number of hydrogen-bond acceptors (Lipinski definition) is 3. The van der Waals surface area contributed by atoms with Crippen molar-refractivity contribution in [2.45, 2.75) is 6.42 Å². The highest BCUT2D eigenvalue weighted by Crippen LogP contribution is 2.09. The van der Waals surface area contributed by atoms with Crippen molar-refractivity contribution in [3.63, 3.8) is 0 Å². The number of hydrogen-bond donors (Lipinski definition) is 0. The number of carbonyl (C=O) groups excluding carboxylic acids is 1. The normalized spacial score (nSPS) is 9.87. The molecule has 2 aromatic rings. The first-order chi connectivity index (χ1) is 7.40. The summed E-state index contributed by atoms with van der Waals surface area (Å²) in [4.78, 5) is 18.9. The standard InChI is InChI=1S/C12H10N2O/c15-9-11-2-1-5-14-12(11)8-10-3-6-13-7-4-10/h1-7,9H,8H2. The lowest BCUT2D eigenvalue weighted by atomic mass is 10.1. The molecule has 0 saturated carbocycles. The van der Waals surface area contributed by atoms with E-state index in [0.29, 0.717) is 12.0 Å². The summed E-state index contributed by atoms with van der Waals surface area (Å²) >= 11 is 0. The molecule has 0 N–H and O–H groups in total. The van der Waals surface area contributed by atoms with Crippen LogP contribution in [0, 0.1) is 0 Å². The Kier molecular flexibility index (Phi) is 2.83. The average molecular weight is 198 g/mol. The van der Waals surface area contributed by atoms with Crippen molar-refractivity contribution in [1.82, 2.24) is 9.97 Å². The molecule has 0 spiro atoms. The van der Waals surface area contributed by atoms with Crippen LogP contribution in [0.25, 0.3) is 0 Å². The number of rotatable bonds is 3. The second kappa shape index (κ2) is 4.46. The molecule has 2 aromatic heterocycles. The van der Waals surface area contributed by atoms with Crippen LogP contribution >= 0.6 is 0 Å². The van der Waals surface area contributed by atoms with Crippen molar-refractivity contribution < 1.29 is 4.79 Å². The first-order valence-electron chi connectivity index (χ1n) is 4.68. The number of aldehydes is 1. The van der Waals surface area contributed by atoms with E-state index in [9.17, 15) is 4.79 Å². The summed E-state index contributed by atoms with van der Waals surface area (Å²) < 4.78 is 0. The van der Waals surface area contributed by atoms with Crippen molar-refractivity contribution in [3.8, 4) is 0 Å². The fraction of sp³-hybridized carbons (Fsp3) is 0.0833. The van der Waals surface area contributed by atoms with E-state index < -0.39 is 0 Å². The van der Waals surface area contributed by atoms with Gasteiger partial charge in [-0.2, -0.15) is 0 Å². The lowest BCUT2D eigenvalue weighted by Gasteiger charge is -2.02. The molecule has 2 heterocycles. The molecule has 0 radical (unpaired) electrons. The second-order valence-electron chi connectivity index (χ2n) is 3.19. The number of nitrogens with zero attached hydrogens (tertiary/aromatic N) is 2. The topological polar surface area (TPSA) is 42.9 Å². The summed E-state index contributed by atoms with van der Waals surface area (Å²) in [5.41, 5.74) is 2.56. The van der Waals surface area contributed by atoms with Crippen molar-refractivity contribution in [2.24, 2.45) is 0 Å². The van der Waals surface area contributed by atoms with E-state index in [1.807, 2.05) is 12.1 Å². The fourth-order valence-corrected chi connectivity index (χ4v) is 1.40. The molecule has 0 bridgehead atoms. The molecule has 3 heteroatoms. The predicted octanol–water partition coefficient (Wildman–Crippen LogP) is 1.88. The van der Waals surface area contributed by atoms with E-state index >= 15 is 0 Å². The summed E-state index contributed by atoms with van der Waals surface area (Å²) in [6, 6.07) is 7.38. The quantitative estimate of drug-likeness (QED) is 0.707. The van der Waals surface area contributed by atoms with Gasteiger partial charge in [0, 0.05) is 30.6 Å². The molecule has 0 saturated heterocycles. The molecule has 0 aliphatic heterocycles. The van der Waals surface area contributed by atoms with Gasteiger partial charge in [-0.25, -0.2) is 0 Å². The maximum absolute atomic E-state index is 10.8. The van der Waals surface area contributed by atoms with Crippen LogP contribution in [0.4, 0.5) is 0 Å². The third kappa shape index (κ3) is 2.26. The summed E-state index contributed by atoms with van der Waals surface area (Å²) in [6.45, 7) is 0. The van der Waals surface area contributed by atoms with E-state index in [4.69, 9.17) is 0 Å². The average Bonchev–Trinajstić information content (AvgIpc) is 2.31. The van der Waals surface area contributed by atoms with Crippen LogP contribution in [0.15, 0.2) is 42.9 Å². The van der Waals surface area contributed by atoms with Gasteiger partial charge in [-0.05, 0) is 29.8 Å². The Labute approximate surface area is 87.8 Å². The molecular formula is C12H10N2O. The maximum Gasteiger partial charge on any atom is 0.151 e. The Balaban J connectivity index is 2.28. The molecule has 0 aliphatic carbocycles. The van der Waals surface area contributed by atoms with Gasteiger partial charge < -0.3 is 0 Å². The van der Waals surface area contributed by atoms with Gasteiger partial charge in [0.1, 0.15) is 0 Å². The van der Waals surface area contributed by atoms with Crippen LogP contribution in [-0.2, 0) is 6.42 Å². The second-order valence-corrected chi connectivity index (χ2v) is 3.19. The van der Waals surface area contributed by atoms with E-state index in [1.54, 1.807) is 30.7 Å². The van der Waals surface area contributed by atoms with Gasteiger partial charge >= 0.3 is 0 Å². The minimum Gasteiger partial charge on any atom is -0.298 e. The van der Waals surface area contributed by atoms with Crippen LogP contribution in [0.5, 0.6) is 0 Å². The van der Waals surface area contributed by atoms with Gasteiger partial charge in [0.15, 0.2) is 6.29 Å². The van der Waals surface area contributed by atoms with E-state index in [-0.39, 0.29) is 0 Å². The minimum atomic E-state index is 0.648. The van der Waals surface area contributed by atoms with Gasteiger partial charge in [-0.1, -0.05) is 0 Å². The van der Waals surface area contributed by atoms with Crippen LogP contribution in [0.2, 0.25) is 0 Å². The molecule has 74 valence electrons. The lowest BCUT2D eigenvalue weighted by molar-refractivity contribution is 0.112. The third-order valence-electron chi connectivity index (χ3n) is 2.17. The van der Waals surface area contributed by atoms with Gasteiger partial charge in [0.2, 0.25) is 0 Å². The molecule has 3 nitrogen and oxygen atoms in total. The van der Waals surface area contributed by atoms with Crippen LogP contribution in [0.3, 0.4) is 0 Å². The zero-order valence-electron chi connectivity index (χ0n) is 8.13. The number of carbonyl (C=O) groups is 1. The first-order valence-corrected chi connectivity index (χ1v) is 4.68. The number of aromatic nitrogens is 2. The van der Waals surface area contributed by atoms with Crippen molar-refractivity contribution in [2.75, 3.05) is 0 Å². The largest absolute Gasteiger partial charge is 0.298 e. The molecule has 0 aliphatic rings. The molecule has 2 rings (SSSR count). The molecule has 0 fully saturated rings. The van der Waals surface area contributed by atoms with Gasteiger partial charge in [0.25, 0.3) is 0 Å². The summed E-state index contributed by atoms with van der Waals surface area (Å²) in [7, 11) is 0. The van der Waals surface area contributed by atoms with Crippen molar-refractivity contribution in [1.29, 1.82) is 0 Å². The van der Waals surface area contributed by atoms with E-state index in [1.165, 1.54) is 0 Å². The Bertz CT molecular complexity index is 454. The van der Waals surface area contributed by atoms with Crippen LogP contribution < -0.4 is 0 Å². The zero-order valence-corrected chi connectivity index (χ0v) is 8.13. The minimum absolute atomic E-state index is 0.648. The summed E-state index contributed by atoms with van der Waals surface area (Å²) in [5.74, 6) is 0. The Morgan fingerprint density at radius 3 is 2.67 bits per heavy atom. The zero-order chi connectivity index (χ0) is 10.5. The summed E-state index contributed by atoms with van der Waals surface area (Å²) in [5, 5.41) is 0. The first kappa shape index (κ1) is 9.52. The predicted molar refractivity (Wildman–Crippen MR) is 56.7 cm³/mol. The summed E-state index contributed by atoms with van der Waals surface area (Å²) in [6.07, 6.45) is 6.67. The van der Waals surface area contributed by atoms with Crippen molar-refractivity contribution >= 4 is 6.29 Å². The maximum atomic E-state index is 10.8. The highest BCUT2D eigenvalue weighted by Gasteiger charge is 2.02. The molecule has 0 unspecified atom stereocenters. The van der Waals surface area contributed by atoms with Crippen LogP contribution in [0.1, 0.15) is 21.6 Å². The van der Waals surface area contributed by atoms with E-state index in [2.05, 4.69) is 9.97 Å². The Hall–Kier alpha value is -2.03. The molecule has 0 atom stereocenters. The van der Waals surface area contributed by atoms with Gasteiger partial charge in [0.05, 0.1) is 5.69 Å². The molecule has 0 amide bonds. The molecule has 0 aromatic carbocycles. The highest BCUT2D eigenvalue weighted by molar-refractivity contribution is 5.76. The smallest absolute Gasteiger partial charge is 0.151 e. The number of pyridine rings is 2. The SMILES string of the molecule is O=Cc1cccnc1Cc1ccncc1. The van der Waals surface area contributed by atoms with Crippen molar-refractivity contribution in [3.05, 3.63) is 59.7 Å². The Morgan fingerprint density at radius 1 is 1.13 bits per heavy atom. The Morgan fingerprint density at radius 2 is 1.93 bits per heavy atom. The lowest BCUT2D eigenvalue weighted by Crippen LogP contribution is -1.97. The third-order valence-corrected chi connectivity index (χ3v) is 2.17. The highest BCUT2D eigenvalue weighted by atomic mass is 16.1.